The predicted molar refractivity (Wildman–Crippen MR) is 80.9 cm³/mol. The Morgan fingerprint density at radius 1 is 1.43 bits per heavy atom. The van der Waals surface area contributed by atoms with Crippen LogP contribution in [0.15, 0.2) is 23.1 Å². The van der Waals surface area contributed by atoms with Gasteiger partial charge in [0.05, 0.1) is 12.3 Å². The van der Waals surface area contributed by atoms with Crippen molar-refractivity contribution < 1.29 is 17.9 Å². The number of primary sulfonamides is 1. The van der Waals surface area contributed by atoms with E-state index in [4.69, 9.17) is 9.88 Å². The summed E-state index contributed by atoms with van der Waals surface area (Å²) in [6.45, 7) is 2.15. The standard InChI is InChI=1S/C13H21N3O4S/c1-9(8-20-4)15-13(17)10-5-6-11(16(2)3)12(7-10)21(14,18)19/h5-7,9H,8H2,1-4H3,(H,15,17)(H2,14,18,19). The molecule has 0 aliphatic carbocycles. The third kappa shape index (κ3) is 4.69. The first kappa shape index (κ1) is 17.4. The molecule has 0 aliphatic heterocycles. The molecule has 0 heterocycles. The molecule has 1 unspecified atom stereocenters. The highest BCUT2D eigenvalue weighted by Crippen LogP contribution is 2.24. The summed E-state index contributed by atoms with van der Waals surface area (Å²) in [5, 5.41) is 7.92. The summed E-state index contributed by atoms with van der Waals surface area (Å²) >= 11 is 0. The molecule has 0 saturated heterocycles. The van der Waals surface area contributed by atoms with Crippen molar-refractivity contribution >= 4 is 21.6 Å². The zero-order chi connectivity index (χ0) is 16.2. The quantitative estimate of drug-likeness (QED) is 0.779. The lowest BCUT2D eigenvalue weighted by molar-refractivity contribution is 0.0905. The number of nitrogens with zero attached hydrogens (tertiary/aromatic N) is 1. The molecule has 0 aliphatic rings. The van der Waals surface area contributed by atoms with Crippen LogP contribution < -0.4 is 15.4 Å². The lowest BCUT2D eigenvalue weighted by atomic mass is 10.1. The minimum atomic E-state index is -3.92. The summed E-state index contributed by atoms with van der Waals surface area (Å²) in [5.74, 6) is -0.380. The third-order valence-corrected chi connectivity index (χ3v) is 3.74. The SMILES string of the molecule is COCC(C)NC(=O)c1ccc(N(C)C)c(S(N)(=O)=O)c1. The monoisotopic (exact) mass is 315 g/mol. The number of rotatable bonds is 6. The highest BCUT2D eigenvalue weighted by atomic mass is 32.2. The van der Waals surface area contributed by atoms with Crippen LogP contribution in [0.5, 0.6) is 0 Å². The van der Waals surface area contributed by atoms with Crippen molar-refractivity contribution in [3.8, 4) is 0 Å². The van der Waals surface area contributed by atoms with Crippen molar-refractivity contribution in [1.29, 1.82) is 0 Å². The first-order valence-corrected chi connectivity index (χ1v) is 7.85. The first-order valence-electron chi connectivity index (χ1n) is 6.30. The summed E-state index contributed by atoms with van der Waals surface area (Å²) < 4.78 is 28.2. The Hall–Kier alpha value is -1.64. The second kappa shape index (κ2) is 6.88. The molecule has 1 amide bonds. The Morgan fingerprint density at radius 2 is 2.05 bits per heavy atom. The zero-order valence-electron chi connectivity index (χ0n) is 12.6. The van der Waals surface area contributed by atoms with Crippen LogP contribution in [0.1, 0.15) is 17.3 Å². The van der Waals surface area contributed by atoms with Gasteiger partial charge < -0.3 is 15.0 Å². The van der Waals surface area contributed by atoms with Gasteiger partial charge in [0.1, 0.15) is 4.90 Å². The highest BCUT2D eigenvalue weighted by molar-refractivity contribution is 7.89. The van der Waals surface area contributed by atoms with Crippen LogP contribution in [0, 0.1) is 0 Å². The molecule has 1 atom stereocenters. The van der Waals surface area contributed by atoms with Crippen LogP contribution in [0.3, 0.4) is 0 Å². The fourth-order valence-corrected chi connectivity index (χ4v) is 2.68. The van der Waals surface area contributed by atoms with Crippen LogP contribution >= 0.6 is 0 Å². The fraction of sp³-hybridized carbons (Fsp3) is 0.462. The van der Waals surface area contributed by atoms with E-state index in [2.05, 4.69) is 5.32 Å². The molecule has 1 aromatic rings. The number of methoxy groups -OCH3 is 1. The van der Waals surface area contributed by atoms with Crippen molar-refractivity contribution in [1.82, 2.24) is 5.32 Å². The lowest BCUT2D eigenvalue weighted by Crippen LogP contribution is -2.35. The number of ether oxygens (including phenoxy) is 1. The number of amides is 1. The maximum Gasteiger partial charge on any atom is 0.251 e. The zero-order valence-corrected chi connectivity index (χ0v) is 13.4. The van der Waals surface area contributed by atoms with E-state index in [9.17, 15) is 13.2 Å². The van der Waals surface area contributed by atoms with Gasteiger partial charge in [-0.05, 0) is 25.1 Å². The molecule has 3 N–H and O–H groups in total. The number of hydrogen-bond acceptors (Lipinski definition) is 5. The van der Waals surface area contributed by atoms with Gasteiger partial charge in [-0.15, -0.1) is 0 Å². The molecular weight excluding hydrogens is 294 g/mol. The number of benzene rings is 1. The second-order valence-electron chi connectivity index (χ2n) is 4.95. The van der Waals surface area contributed by atoms with Crippen molar-refractivity contribution in [2.45, 2.75) is 17.9 Å². The van der Waals surface area contributed by atoms with Crippen molar-refractivity contribution in [2.24, 2.45) is 5.14 Å². The van der Waals surface area contributed by atoms with E-state index in [0.717, 1.165) is 0 Å². The first-order chi connectivity index (χ1) is 9.66. The maximum absolute atomic E-state index is 12.1. The molecule has 0 aromatic heterocycles. The van der Waals surface area contributed by atoms with E-state index >= 15 is 0 Å². The number of nitrogens with one attached hydrogen (secondary N) is 1. The van der Waals surface area contributed by atoms with Gasteiger partial charge in [-0.25, -0.2) is 13.6 Å². The van der Waals surface area contributed by atoms with E-state index in [1.54, 1.807) is 38.1 Å². The number of hydrogen-bond donors (Lipinski definition) is 2. The molecule has 118 valence electrons. The van der Waals surface area contributed by atoms with E-state index in [1.807, 2.05) is 0 Å². The molecule has 0 saturated carbocycles. The third-order valence-electron chi connectivity index (χ3n) is 2.80. The molecule has 1 rings (SSSR count). The number of carbonyl (C=O) groups is 1. The average Bonchev–Trinajstić information content (AvgIpc) is 2.37. The minimum Gasteiger partial charge on any atom is -0.383 e. The van der Waals surface area contributed by atoms with Gasteiger partial charge in [0, 0.05) is 32.8 Å². The van der Waals surface area contributed by atoms with Gasteiger partial charge >= 0.3 is 0 Å². The minimum absolute atomic E-state index is 0.0838. The van der Waals surface area contributed by atoms with Crippen molar-refractivity contribution in [3.05, 3.63) is 23.8 Å². The Bertz CT molecular complexity index is 614. The van der Waals surface area contributed by atoms with Gasteiger partial charge in [0.2, 0.25) is 10.0 Å². The molecule has 1 aromatic carbocycles. The lowest BCUT2D eigenvalue weighted by Gasteiger charge is -2.18. The number of carbonyl (C=O) groups excluding carboxylic acids is 1. The molecule has 21 heavy (non-hydrogen) atoms. The second-order valence-corrected chi connectivity index (χ2v) is 6.48. The van der Waals surface area contributed by atoms with Gasteiger partial charge in [-0.2, -0.15) is 0 Å². The predicted octanol–water partition coefficient (Wildman–Crippen LogP) is 0.165. The molecule has 0 fully saturated rings. The number of sulfonamides is 1. The van der Waals surface area contributed by atoms with Crippen molar-refractivity contribution in [2.75, 3.05) is 32.7 Å². The fourth-order valence-electron chi connectivity index (χ4n) is 1.85. The topological polar surface area (TPSA) is 102 Å². The Morgan fingerprint density at radius 3 is 2.52 bits per heavy atom. The molecular formula is C13H21N3O4S. The Kier molecular flexibility index (Phi) is 5.70. The van der Waals surface area contributed by atoms with Crippen LogP contribution in [-0.2, 0) is 14.8 Å². The van der Waals surface area contributed by atoms with E-state index in [1.165, 1.54) is 13.2 Å². The summed E-state index contributed by atoms with van der Waals surface area (Å²) in [6.07, 6.45) is 0. The van der Waals surface area contributed by atoms with E-state index in [-0.39, 0.29) is 22.4 Å². The van der Waals surface area contributed by atoms with Gasteiger partial charge in [0.25, 0.3) is 5.91 Å². The Balaban J connectivity index is 3.14. The maximum atomic E-state index is 12.1. The van der Waals surface area contributed by atoms with Gasteiger partial charge in [-0.3, -0.25) is 4.79 Å². The van der Waals surface area contributed by atoms with Gasteiger partial charge in [0.15, 0.2) is 0 Å². The normalized spacial score (nSPS) is 12.8. The summed E-state index contributed by atoms with van der Waals surface area (Å²) in [4.78, 5) is 13.6. The van der Waals surface area contributed by atoms with Crippen LogP contribution in [0.2, 0.25) is 0 Å². The molecule has 8 heteroatoms. The Labute approximate surface area is 125 Å². The molecule has 0 bridgehead atoms. The largest absolute Gasteiger partial charge is 0.383 e. The van der Waals surface area contributed by atoms with Crippen LogP contribution in [0.25, 0.3) is 0 Å². The number of nitrogens with two attached hydrogens (primary N) is 1. The summed E-state index contributed by atoms with van der Waals surface area (Å²) in [6, 6.07) is 4.20. The van der Waals surface area contributed by atoms with Gasteiger partial charge in [-0.1, -0.05) is 0 Å². The summed E-state index contributed by atoms with van der Waals surface area (Å²) in [7, 11) is 1.01. The van der Waals surface area contributed by atoms with Crippen molar-refractivity contribution in [3.63, 3.8) is 0 Å². The van der Waals surface area contributed by atoms with Crippen LogP contribution in [-0.4, -0.2) is 48.2 Å². The smallest absolute Gasteiger partial charge is 0.251 e. The highest BCUT2D eigenvalue weighted by Gasteiger charge is 2.19. The summed E-state index contributed by atoms with van der Waals surface area (Å²) in [5.41, 5.74) is 0.659. The van der Waals surface area contributed by atoms with Crippen LogP contribution in [0.4, 0.5) is 5.69 Å². The molecule has 0 radical (unpaired) electrons. The number of anilines is 1. The average molecular weight is 315 g/mol. The molecule has 7 nitrogen and oxygen atoms in total. The molecule has 0 spiro atoms. The van der Waals surface area contributed by atoms with E-state index in [0.29, 0.717) is 12.3 Å². The van der Waals surface area contributed by atoms with E-state index < -0.39 is 10.0 Å².